The first-order chi connectivity index (χ1) is 25.7. The molecule has 1 aliphatic rings. The molecule has 1 unspecified atom stereocenters. The van der Waals surface area contributed by atoms with E-state index in [0.29, 0.717) is 23.6 Å². The summed E-state index contributed by atoms with van der Waals surface area (Å²) in [5, 5.41) is 22.5. The summed E-state index contributed by atoms with van der Waals surface area (Å²) >= 11 is 0. The predicted molar refractivity (Wildman–Crippen MR) is 210 cm³/mol. The van der Waals surface area contributed by atoms with E-state index in [-0.39, 0.29) is 29.8 Å². The summed E-state index contributed by atoms with van der Waals surface area (Å²) in [5.74, 6) is -4.09. The molecule has 4 N–H and O–H groups in total. The quantitative estimate of drug-likeness (QED) is 0.0645. The highest BCUT2D eigenvalue weighted by Crippen LogP contribution is 2.26. The van der Waals surface area contributed by atoms with Crippen molar-refractivity contribution in [2.24, 2.45) is 16.8 Å². The Bertz CT molecular complexity index is 1880. The van der Waals surface area contributed by atoms with Gasteiger partial charge in [-0.05, 0) is 62.7 Å². The van der Waals surface area contributed by atoms with Crippen molar-refractivity contribution in [3.63, 3.8) is 0 Å². The molecule has 0 aliphatic carbocycles. The average Bonchev–Trinajstić information content (AvgIpc) is 3.48. The first-order valence-corrected chi connectivity index (χ1v) is 16.8. The third-order valence-electron chi connectivity index (χ3n) is 7.43. The predicted octanol–water partition coefficient (Wildman–Crippen LogP) is 5.97. The monoisotopic (exact) mass is 737 g/mol. The SMILES string of the molecule is CC(=O)O.CC1=NN(c2ccccc2)C(=O)C1C(=O)N(C)c1ccccc1.CCOC(=O)/C(C(=O)N(C)c1ccccc1)=C(\C)O.NCc1ccccc1. The van der Waals surface area contributed by atoms with E-state index in [1.807, 2.05) is 84.9 Å². The van der Waals surface area contributed by atoms with Crippen LogP contribution in [0.3, 0.4) is 0 Å². The molecule has 0 radical (unpaired) electrons. The summed E-state index contributed by atoms with van der Waals surface area (Å²) in [7, 11) is 3.20. The fourth-order valence-electron chi connectivity index (χ4n) is 4.72. The topological polar surface area (TPSA) is 183 Å². The minimum atomic E-state index is -0.875. The molecule has 13 nitrogen and oxygen atoms in total. The van der Waals surface area contributed by atoms with Gasteiger partial charge in [-0.2, -0.15) is 10.1 Å². The van der Waals surface area contributed by atoms with Gasteiger partial charge in [0, 0.05) is 38.9 Å². The van der Waals surface area contributed by atoms with E-state index >= 15 is 0 Å². The standard InChI is InChI=1S/C18H17N3O2.C14H17NO4.C7H9N.C2H4O2/c1-13-16(17(22)20(2)14-9-5-3-6-10-14)18(23)21(19-13)15-11-7-4-8-12-15;1-4-19-14(18)12(10(2)16)13(17)15(3)11-8-6-5-7-9-11;8-6-7-4-2-1-3-5-7;1-2(3)4/h3-12,16H,1-2H3;5-9,16H,4H2,1-3H3;1-5H,6,8H2;1H3,(H,3,4)/b;12-10+;;. The second kappa shape index (κ2) is 22.4. The van der Waals surface area contributed by atoms with Gasteiger partial charge in [0.2, 0.25) is 5.91 Å². The Balaban J connectivity index is 0.000000290. The van der Waals surface area contributed by atoms with Gasteiger partial charge in [-0.25, -0.2) is 4.79 Å². The van der Waals surface area contributed by atoms with Crippen molar-refractivity contribution in [1.29, 1.82) is 0 Å². The first kappa shape index (κ1) is 43.6. The van der Waals surface area contributed by atoms with Gasteiger partial charge in [-0.15, -0.1) is 0 Å². The number of carbonyl (C=O) groups excluding carboxylic acids is 4. The van der Waals surface area contributed by atoms with Crippen molar-refractivity contribution in [2.75, 3.05) is 35.5 Å². The van der Waals surface area contributed by atoms with E-state index in [1.165, 1.54) is 34.3 Å². The van der Waals surface area contributed by atoms with Gasteiger partial charge in [-0.1, -0.05) is 84.9 Å². The number of anilines is 3. The summed E-state index contributed by atoms with van der Waals surface area (Å²) < 4.78 is 4.77. The molecule has 284 valence electrons. The van der Waals surface area contributed by atoms with Crippen LogP contribution in [-0.4, -0.2) is 66.3 Å². The Morgan fingerprint density at radius 3 is 1.59 bits per heavy atom. The smallest absolute Gasteiger partial charge is 0.347 e. The molecule has 0 aromatic heterocycles. The number of para-hydroxylation sites is 3. The van der Waals surface area contributed by atoms with Gasteiger partial charge in [-0.3, -0.25) is 19.2 Å². The number of carbonyl (C=O) groups is 5. The maximum Gasteiger partial charge on any atom is 0.347 e. The number of hydrogen-bond donors (Lipinski definition) is 3. The molecule has 0 spiro atoms. The van der Waals surface area contributed by atoms with Crippen LogP contribution in [0.4, 0.5) is 17.1 Å². The lowest BCUT2D eigenvalue weighted by Gasteiger charge is -2.21. The number of rotatable bonds is 8. The maximum atomic E-state index is 12.7. The molecule has 0 saturated heterocycles. The molecule has 3 amide bonds. The molecule has 0 fully saturated rings. The van der Waals surface area contributed by atoms with Gasteiger partial charge in [0.05, 0.1) is 18.0 Å². The molecule has 4 aromatic carbocycles. The number of allylic oxidation sites excluding steroid dienone is 1. The normalized spacial score (nSPS) is 13.2. The maximum absolute atomic E-state index is 12.7. The molecule has 4 aromatic rings. The van der Waals surface area contributed by atoms with Crippen LogP contribution in [-0.2, 0) is 35.3 Å². The second-order valence-corrected chi connectivity index (χ2v) is 11.5. The molecule has 5 rings (SSSR count). The number of amides is 3. The highest BCUT2D eigenvalue weighted by molar-refractivity contribution is 6.29. The number of aliphatic hydroxyl groups excluding tert-OH is 1. The lowest BCUT2D eigenvalue weighted by molar-refractivity contribution is -0.140. The number of esters is 1. The number of carboxylic acid groups (broad SMARTS) is 1. The summed E-state index contributed by atoms with van der Waals surface area (Å²) in [6.45, 7) is 6.48. The Kier molecular flexibility index (Phi) is 18.0. The minimum Gasteiger partial charge on any atom is -0.511 e. The number of ether oxygens (including phenoxy) is 1. The zero-order valence-corrected chi connectivity index (χ0v) is 31.2. The van der Waals surface area contributed by atoms with Gasteiger partial charge >= 0.3 is 5.97 Å². The molecule has 0 saturated carbocycles. The van der Waals surface area contributed by atoms with Crippen molar-refractivity contribution in [1.82, 2.24) is 0 Å². The second-order valence-electron chi connectivity index (χ2n) is 11.5. The number of carboxylic acids is 1. The van der Waals surface area contributed by atoms with E-state index in [2.05, 4.69) is 5.10 Å². The lowest BCUT2D eigenvalue weighted by atomic mass is 10.0. The van der Waals surface area contributed by atoms with E-state index < -0.39 is 23.8 Å². The van der Waals surface area contributed by atoms with E-state index in [0.717, 1.165) is 12.6 Å². The van der Waals surface area contributed by atoms with Crippen LogP contribution in [0.5, 0.6) is 0 Å². The zero-order chi connectivity index (χ0) is 40.2. The number of likely N-dealkylation sites (N-methyl/N-ethyl adjacent to an activating group) is 1. The Morgan fingerprint density at radius 2 is 1.19 bits per heavy atom. The average molecular weight is 738 g/mol. The van der Waals surface area contributed by atoms with Gasteiger partial charge < -0.3 is 30.5 Å². The van der Waals surface area contributed by atoms with Crippen LogP contribution < -0.4 is 20.5 Å². The molecular weight excluding hydrogens is 690 g/mol. The Labute approximate surface area is 315 Å². The summed E-state index contributed by atoms with van der Waals surface area (Å²) in [6.07, 6.45) is 0. The minimum absolute atomic E-state index is 0.137. The van der Waals surface area contributed by atoms with E-state index in [1.54, 1.807) is 57.3 Å². The van der Waals surface area contributed by atoms with E-state index in [9.17, 15) is 24.3 Å². The summed E-state index contributed by atoms with van der Waals surface area (Å²) in [4.78, 5) is 61.1. The molecule has 54 heavy (non-hydrogen) atoms. The summed E-state index contributed by atoms with van der Waals surface area (Å²) in [6, 6.07) is 37.2. The fourth-order valence-corrected chi connectivity index (χ4v) is 4.72. The van der Waals surface area contributed by atoms with Crippen molar-refractivity contribution < 1.29 is 38.9 Å². The van der Waals surface area contributed by atoms with Crippen LogP contribution >= 0.6 is 0 Å². The Hall–Kier alpha value is -6.60. The molecule has 13 heteroatoms. The van der Waals surface area contributed by atoms with Crippen molar-refractivity contribution in [3.05, 3.63) is 138 Å². The van der Waals surface area contributed by atoms with Crippen molar-refractivity contribution in [3.8, 4) is 0 Å². The third kappa shape index (κ3) is 13.2. The number of benzene rings is 4. The number of hydrogen-bond acceptors (Lipinski definition) is 9. The number of aliphatic hydroxyl groups is 1. The fraction of sp³-hybridized carbons (Fsp3) is 0.220. The van der Waals surface area contributed by atoms with Crippen LogP contribution in [0, 0.1) is 5.92 Å². The van der Waals surface area contributed by atoms with Gasteiger partial charge in [0.25, 0.3) is 17.8 Å². The van der Waals surface area contributed by atoms with Crippen molar-refractivity contribution >= 4 is 52.4 Å². The van der Waals surface area contributed by atoms with Crippen molar-refractivity contribution in [2.45, 2.75) is 34.2 Å². The number of aliphatic carboxylic acids is 1. The zero-order valence-electron chi connectivity index (χ0n) is 31.2. The molecular formula is C41H47N5O8. The molecule has 1 heterocycles. The summed E-state index contributed by atoms with van der Waals surface area (Å²) in [5.41, 5.74) is 8.72. The highest BCUT2D eigenvalue weighted by Gasteiger charge is 2.41. The Morgan fingerprint density at radius 1 is 0.759 bits per heavy atom. The van der Waals surface area contributed by atoms with E-state index in [4.69, 9.17) is 20.4 Å². The lowest BCUT2D eigenvalue weighted by Crippen LogP contribution is -2.41. The van der Waals surface area contributed by atoms with Crippen LogP contribution in [0.15, 0.2) is 138 Å². The van der Waals surface area contributed by atoms with Gasteiger partial charge in [0.15, 0.2) is 11.5 Å². The number of nitrogens with two attached hydrogens (primary N) is 1. The van der Waals surface area contributed by atoms with Crippen LogP contribution in [0.1, 0.15) is 33.3 Å². The first-order valence-electron chi connectivity index (χ1n) is 16.8. The van der Waals surface area contributed by atoms with Gasteiger partial charge in [0.1, 0.15) is 5.76 Å². The molecule has 1 aliphatic heterocycles. The van der Waals surface area contributed by atoms with Crippen LogP contribution in [0.2, 0.25) is 0 Å². The number of nitrogens with zero attached hydrogens (tertiary/aromatic N) is 4. The number of hydrazone groups is 1. The molecule has 1 atom stereocenters. The van der Waals surface area contributed by atoms with Crippen LogP contribution in [0.25, 0.3) is 0 Å². The largest absolute Gasteiger partial charge is 0.511 e. The third-order valence-corrected chi connectivity index (χ3v) is 7.43. The molecule has 0 bridgehead atoms. The highest BCUT2D eigenvalue weighted by atomic mass is 16.5.